The average molecular weight is 188 g/mol. The molecular weight excluding hydrogens is 180 g/mol. The first-order valence-corrected chi connectivity index (χ1v) is 4.24. The van der Waals surface area contributed by atoms with Crippen molar-refractivity contribution in [1.29, 1.82) is 0 Å². The second kappa shape index (κ2) is 3.79. The van der Waals surface area contributed by atoms with Crippen LogP contribution in [-0.4, -0.2) is 18.5 Å². The molecule has 70 valence electrons. The molecule has 0 spiro atoms. The minimum Gasteiger partial charge on any atom is -0.498 e. The quantitative estimate of drug-likeness (QED) is 0.629. The first-order valence-electron chi connectivity index (χ1n) is 4.24. The molecule has 1 heterocycles. The summed E-state index contributed by atoms with van der Waals surface area (Å²) in [6, 6.07) is 11.5. The maximum absolute atomic E-state index is 9.92. The third-order valence-corrected chi connectivity index (χ3v) is 1.87. The van der Waals surface area contributed by atoms with E-state index < -0.39 is 0 Å². The Morgan fingerprint density at radius 1 is 1.43 bits per heavy atom. The van der Waals surface area contributed by atoms with Crippen molar-refractivity contribution < 1.29 is 4.74 Å². The summed E-state index contributed by atoms with van der Waals surface area (Å²) in [6.07, 6.45) is 0. The standard InChI is InChI=1S/C10H8N2O2/c13-11-6-9-7-14-10(12-9)8-4-2-1-3-5-8/h1-5,9H,7H2. The van der Waals surface area contributed by atoms with Crippen molar-refractivity contribution in [3.63, 3.8) is 0 Å². The zero-order chi connectivity index (χ0) is 9.80. The molecule has 0 N–H and O–H groups in total. The molecule has 1 aromatic carbocycles. The van der Waals surface area contributed by atoms with Crippen LogP contribution in [0, 0.1) is 11.3 Å². The van der Waals surface area contributed by atoms with Gasteiger partial charge >= 0.3 is 6.07 Å². The van der Waals surface area contributed by atoms with Crippen molar-refractivity contribution in [1.82, 2.24) is 0 Å². The van der Waals surface area contributed by atoms with Crippen LogP contribution in [0.4, 0.5) is 0 Å². The van der Waals surface area contributed by atoms with Crippen LogP contribution in [0.1, 0.15) is 5.56 Å². The van der Waals surface area contributed by atoms with Crippen LogP contribution in [-0.2, 0) is 4.74 Å². The fourth-order valence-corrected chi connectivity index (χ4v) is 1.24. The molecule has 0 radical (unpaired) electrons. The molecule has 1 atom stereocenters. The molecular formula is C10H8N2O2. The van der Waals surface area contributed by atoms with Crippen LogP contribution in [0.5, 0.6) is 0 Å². The predicted octanol–water partition coefficient (Wildman–Crippen LogP) is 1.66. The average Bonchev–Trinajstić information content (AvgIpc) is 2.68. The van der Waals surface area contributed by atoms with E-state index in [1.54, 1.807) is 0 Å². The number of ether oxygens (including phenoxy) is 1. The van der Waals surface area contributed by atoms with Gasteiger partial charge < -0.3 is 9.94 Å². The number of aliphatic imine (C=N–C) groups is 1. The van der Waals surface area contributed by atoms with Crippen LogP contribution in [0.3, 0.4) is 0 Å². The zero-order valence-corrected chi connectivity index (χ0v) is 7.38. The lowest BCUT2D eigenvalue weighted by Gasteiger charge is -1.98. The number of hydrogen-bond donors (Lipinski definition) is 0. The van der Waals surface area contributed by atoms with Crippen LogP contribution < -0.4 is 0 Å². The lowest BCUT2D eigenvalue weighted by molar-refractivity contribution is 0.334. The summed E-state index contributed by atoms with van der Waals surface area (Å²) in [5.41, 5.74) is 0.905. The van der Waals surface area contributed by atoms with E-state index in [1.165, 1.54) is 0 Å². The van der Waals surface area contributed by atoms with Gasteiger partial charge in [-0.05, 0) is 12.1 Å². The Hall–Kier alpha value is -2.02. The predicted molar refractivity (Wildman–Crippen MR) is 53.3 cm³/mol. The summed E-state index contributed by atoms with van der Waals surface area (Å²) < 4.78 is 5.29. The summed E-state index contributed by atoms with van der Waals surface area (Å²) >= 11 is 0. The van der Waals surface area contributed by atoms with Crippen molar-refractivity contribution in [2.24, 2.45) is 4.99 Å². The van der Waals surface area contributed by atoms with Crippen molar-refractivity contribution >= 4 is 5.90 Å². The normalized spacial score (nSPS) is 19.1. The Balaban J connectivity index is 2.21. The summed E-state index contributed by atoms with van der Waals surface area (Å²) in [7, 11) is 0. The lowest BCUT2D eigenvalue weighted by Crippen LogP contribution is -2.02. The Labute approximate surface area is 81.2 Å². The van der Waals surface area contributed by atoms with Gasteiger partial charge in [-0.25, -0.2) is 4.99 Å². The summed E-state index contributed by atoms with van der Waals surface area (Å²) in [5, 5.41) is 12.5. The molecule has 1 aliphatic rings. The van der Waals surface area contributed by atoms with E-state index >= 15 is 0 Å². The molecule has 14 heavy (non-hydrogen) atoms. The molecule has 4 nitrogen and oxygen atoms in total. The first-order chi connectivity index (χ1) is 6.90. The highest BCUT2D eigenvalue weighted by Gasteiger charge is 2.22. The Morgan fingerprint density at radius 2 is 2.21 bits per heavy atom. The Morgan fingerprint density at radius 3 is 2.93 bits per heavy atom. The monoisotopic (exact) mass is 188 g/mol. The summed E-state index contributed by atoms with van der Waals surface area (Å²) in [6.45, 7) is 0.343. The van der Waals surface area contributed by atoms with Crippen LogP contribution in [0.2, 0.25) is 0 Å². The van der Waals surface area contributed by atoms with E-state index in [2.05, 4.69) is 16.1 Å². The third kappa shape index (κ3) is 1.67. The number of rotatable bonds is 1. The molecule has 0 bridgehead atoms. The second-order valence-electron chi connectivity index (χ2n) is 2.85. The van der Waals surface area contributed by atoms with Gasteiger partial charge in [0.1, 0.15) is 6.61 Å². The number of benzene rings is 1. The van der Waals surface area contributed by atoms with Crippen LogP contribution >= 0.6 is 0 Å². The SMILES string of the molecule is [O-][N+]#CC1COC(c2ccccc2)=N1. The zero-order valence-electron chi connectivity index (χ0n) is 7.38. The van der Waals surface area contributed by atoms with Crippen molar-refractivity contribution in [3.8, 4) is 6.07 Å². The highest BCUT2D eigenvalue weighted by atomic mass is 16.5. The van der Waals surface area contributed by atoms with Gasteiger partial charge in [0.15, 0.2) is 0 Å². The van der Waals surface area contributed by atoms with Gasteiger partial charge in [0.25, 0.3) is 0 Å². The molecule has 2 rings (SSSR count). The second-order valence-corrected chi connectivity index (χ2v) is 2.85. The first kappa shape index (κ1) is 8.57. The minimum atomic E-state index is -0.359. The molecule has 0 fully saturated rings. The van der Waals surface area contributed by atoms with Gasteiger partial charge in [-0.2, -0.15) is 0 Å². The van der Waals surface area contributed by atoms with Gasteiger partial charge in [-0.15, -0.1) is 0 Å². The molecule has 4 heteroatoms. The molecule has 0 saturated heterocycles. The van der Waals surface area contributed by atoms with Crippen molar-refractivity contribution in [2.75, 3.05) is 6.61 Å². The van der Waals surface area contributed by atoms with E-state index in [4.69, 9.17) is 4.74 Å². The van der Waals surface area contributed by atoms with E-state index in [9.17, 15) is 5.21 Å². The van der Waals surface area contributed by atoms with E-state index in [0.717, 1.165) is 5.56 Å². The molecule has 1 unspecified atom stereocenters. The maximum Gasteiger partial charge on any atom is 0.329 e. The minimum absolute atomic E-state index is 0.343. The van der Waals surface area contributed by atoms with Gasteiger partial charge in [-0.1, -0.05) is 18.2 Å². The van der Waals surface area contributed by atoms with Gasteiger partial charge in [0.05, 0.1) is 0 Å². The fraction of sp³-hybridized carbons (Fsp3) is 0.200. The van der Waals surface area contributed by atoms with Crippen molar-refractivity contribution in [3.05, 3.63) is 46.1 Å². The highest BCUT2D eigenvalue weighted by Crippen LogP contribution is 2.11. The number of nitrogens with zero attached hydrogens (tertiary/aromatic N) is 2. The molecule has 0 aliphatic carbocycles. The lowest BCUT2D eigenvalue weighted by atomic mass is 10.2. The topological polar surface area (TPSA) is 49.0 Å². The van der Waals surface area contributed by atoms with E-state index in [1.807, 2.05) is 30.3 Å². The van der Waals surface area contributed by atoms with Gasteiger partial charge in [0.2, 0.25) is 11.9 Å². The van der Waals surface area contributed by atoms with Crippen LogP contribution in [0.15, 0.2) is 35.3 Å². The van der Waals surface area contributed by atoms with Crippen LogP contribution in [0.25, 0.3) is 5.01 Å². The largest absolute Gasteiger partial charge is 0.498 e. The van der Waals surface area contributed by atoms with Gasteiger partial charge in [-0.3, -0.25) is 0 Å². The smallest absolute Gasteiger partial charge is 0.329 e. The van der Waals surface area contributed by atoms with E-state index in [-0.39, 0.29) is 6.04 Å². The molecule has 0 saturated carbocycles. The Kier molecular flexibility index (Phi) is 2.32. The fourth-order valence-electron chi connectivity index (χ4n) is 1.24. The van der Waals surface area contributed by atoms with Gasteiger partial charge in [0, 0.05) is 10.6 Å². The molecule has 0 aromatic heterocycles. The summed E-state index contributed by atoms with van der Waals surface area (Å²) in [5.74, 6) is 0.548. The maximum atomic E-state index is 9.92. The molecule has 1 aromatic rings. The van der Waals surface area contributed by atoms with Crippen molar-refractivity contribution in [2.45, 2.75) is 6.04 Å². The third-order valence-electron chi connectivity index (χ3n) is 1.87. The van der Waals surface area contributed by atoms with E-state index in [0.29, 0.717) is 12.5 Å². The summed E-state index contributed by atoms with van der Waals surface area (Å²) in [4.78, 5) is 4.14. The Bertz CT molecular complexity index is 403. The molecule has 1 aliphatic heterocycles. The number of hydrogen-bond acceptors (Lipinski definition) is 3. The highest BCUT2D eigenvalue weighted by molar-refractivity contribution is 5.95. The molecule has 0 amide bonds.